The number of benzene rings is 1. The number of anilines is 1. The molecule has 1 aromatic carbocycles. The number of aryl methyl sites for hydroxylation is 1. The number of rotatable bonds is 3. The van der Waals surface area contributed by atoms with Gasteiger partial charge in [0.05, 0.1) is 0 Å². The quantitative estimate of drug-likeness (QED) is 0.769. The molecule has 86 valence electrons. The maximum absolute atomic E-state index is 11.1. The van der Waals surface area contributed by atoms with E-state index in [9.17, 15) is 4.79 Å². The molecule has 2 nitrogen and oxygen atoms in total. The van der Waals surface area contributed by atoms with Gasteiger partial charge in [0, 0.05) is 18.5 Å². The third-order valence-corrected chi connectivity index (χ3v) is 2.49. The minimum Gasteiger partial charge on any atom is -0.326 e. The zero-order chi connectivity index (χ0) is 12.1. The van der Waals surface area contributed by atoms with Gasteiger partial charge in [-0.1, -0.05) is 36.8 Å². The first kappa shape index (κ1) is 12.5. The molecule has 1 rings (SSSR count). The van der Waals surface area contributed by atoms with Crippen LogP contribution in [0.5, 0.6) is 0 Å². The van der Waals surface area contributed by atoms with Gasteiger partial charge in [-0.3, -0.25) is 4.79 Å². The second kappa shape index (κ2) is 5.50. The lowest BCUT2D eigenvalue weighted by Crippen LogP contribution is -2.09. The first-order valence-corrected chi connectivity index (χ1v) is 5.55. The molecule has 0 heterocycles. The molecule has 0 saturated heterocycles. The highest BCUT2D eigenvalue weighted by Gasteiger charge is 2.09. The number of hydrogen-bond donors (Lipinski definition) is 1. The lowest BCUT2D eigenvalue weighted by Gasteiger charge is -2.14. The predicted molar refractivity (Wildman–Crippen MR) is 68.7 cm³/mol. The largest absolute Gasteiger partial charge is 0.326 e. The molecule has 0 aromatic heterocycles. The summed E-state index contributed by atoms with van der Waals surface area (Å²) in [7, 11) is 0. The van der Waals surface area contributed by atoms with Crippen molar-refractivity contribution in [1.29, 1.82) is 0 Å². The van der Waals surface area contributed by atoms with Gasteiger partial charge >= 0.3 is 0 Å². The van der Waals surface area contributed by atoms with Crippen LogP contribution < -0.4 is 5.32 Å². The summed E-state index contributed by atoms with van der Waals surface area (Å²) in [4.78, 5) is 11.1. The standard InChI is InChI=1S/C14H19NO/c1-5-6-11(3)13-9-10(2)7-8-14(13)15-12(4)16/h5-9,11H,1-4H3,(H,15,16). The molecule has 1 aromatic rings. The first-order valence-electron chi connectivity index (χ1n) is 5.55. The monoisotopic (exact) mass is 217 g/mol. The van der Waals surface area contributed by atoms with E-state index in [0.29, 0.717) is 5.92 Å². The second-order valence-corrected chi connectivity index (χ2v) is 4.09. The number of nitrogens with one attached hydrogen (secondary N) is 1. The molecule has 0 saturated carbocycles. The molecule has 1 N–H and O–H groups in total. The van der Waals surface area contributed by atoms with E-state index in [1.807, 2.05) is 25.1 Å². The van der Waals surface area contributed by atoms with Gasteiger partial charge in [-0.2, -0.15) is 0 Å². The smallest absolute Gasteiger partial charge is 0.221 e. The highest BCUT2D eigenvalue weighted by Crippen LogP contribution is 2.26. The predicted octanol–water partition coefficient (Wildman–Crippen LogP) is 3.63. The van der Waals surface area contributed by atoms with E-state index in [1.54, 1.807) is 0 Å². The van der Waals surface area contributed by atoms with Crippen molar-refractivity contribution in [1.82, 2.24) is 0 Å². The fourth-order valence-electron chi connectivity index (χ4n) is 1.75. The van der Waals surface area contributed by atoms with E-state index in [2.05, 4.69) is 31.3 Å². The summed E-state index contributed by atoms with van der Waals surface area (Å²) in [6, 6.07) is 6.10. The number of amides is 1. The minimum atomic E-state index is -0.0298. The van der Waals surface area contributed by atoms with Crippen LogP contribution in [0.25, 0.3) is 0 Å². The molecule has 16 heavy (non-hydrogen) atoms. The Balaban J connectivity index is 3.11. The molecule has 1 atom stereocenters. The Morgan fingerprint density at radius 1 is 1.44 bits per heavy atom. The zero-order valence-corrected chi connectivity index (χ0v) is 10.4. The Kier molecular flexibility index (Phi) is 4.29. The van der Waals surface area contributed by atoms with E-state index in [0.717, 1.165) is 11.3 Å². The minimum absolute atomic E-state index is 0.0298. The molecular formula is C14H19NO. The van der Waals surface area contributed by atoms with Gasteiger partial charge < -0.3 is 5.32 Å². The number of allylic oxidation sites excluding steroid dienone is 2. The highest BCUT2D eigenvalue weighted by molar-refractivity contribution is 5.89. The number of carbonyl (C=O) groups excluding carboxylic acids is 1. The van der Waals surface area contributed by atoms with Gasteiger partial charge in [-0.15, -0.1) is 0 Å². The number of carbonyl (C=O) groups is 1. The Morgan fingerprint density at radius 3 is 2.69 bits per heavy atom. The van der Waals surface area contributed by atoms with Crippen molar-refractivity contribution in [2.24, 2.45) is 0 Å². The number of hydrogen-bond acceptors (Lipinski definition) is 1. The van der Waals surface area contributed by atoms with Crippen molar-refractivity contribution in [2.75, 3.05) is 5.32 Å². The summed E-state index contributed by atoms with van der Waals surface area (Å²) >= 11 is 0. The summed E-state index contributed by atoms with van der Waals surface area (Å²) in [6.45, 7) is 7.72. The maximum atomic E-state index is 11.1. The summed E-state index contributed by atoms with van der Waals surface area (Å²) in [5, 5.41) is 2.87. The normalized spacial score (nSPS) is 12.8. The molecule has 0 aliphatic heterocycles. The van der Waals surface area contributed by atoms with Crippen LogP contribution >= 0.6 is 0 Å². The van der Waals surface area contributed by atoms with Crippen molar-refractivity contribution in [3.63, 3.8) is 0 Å². The van der Waals surface area contributed by atoms with Crippen molar-refractivity contribution in [2.45, 2.75) is 33.6 Å². The van der Waals surface area contributed by atoms with Crippen molar-refractivity contribution >= 4 is 11.6 Å². The first-order chi connectivity index (χ1) is 7.54. The second-order valence-electron chi connectivity index (χ2n) is 4.09. The summed E-state index contributed by atoms with van der Waals surface area (Å²) in [5.41, 5.74) is 3.28. The molecule has 1 unspecified atom stereocenters. The van der Waals surface area contributed by atoms with Gasteiger partial charge in [0.15, 0.2) is 0 Å². The Labute approximate surface area is 97.4 Å². The van der Waals surface area contributed by atoms with Gasteiger partial charge in [-0.05, 0) is 25.5 Å². The molecule has 2 heteroatoms. The van der Waals surface area contributed by atoms with Crippen LogP contribution in [0, 0.1) is 6.92 Å². The zero-order valence-electron chi connectivity index (χ0n) is 10.4. The van der Waals surface area contributed by atoms with Crippen molar-refractivity contribution < 1.29 is 4.79 Å². The fourth-order valence-corrected chi connectivity index (χ4v) is 1.75. The van der Waals surface area contributed by atoms with Gasteiger partial charge in [0.25, 0.3) is 0 Å². The van der Waals surface area contributed by atoms with Crippen LogP contribution in [0.2, 0.25) is 0 Å². The van der Waals surface area contributed by atoms with E-state index >= 15 is 0 Å². The van der Waals surface area contributed by atoms with Gasteiger partial charge in [0.2, 0.25) is 5.91 Å². The maximum Gasteiger partial charge on any atom is 0.221 e. The van der Waals surface area contributed by atoms with Gasteiger partial charge in [-0.25, -0.2) is 0 Å². The van der Waals surface area contributed by atoms with Crippen LogP contribution in [0.15, 0.2) is 30.4 Å². The molecule has 0 aliphatic carbocycles. The topological polar surface area (TPSA) is 29.1 Å². The van der Waals surface area contributed by atoms with E-state index in [4.69, 9.17) is 0 Å². The lowest BCUT2D eigenvalue weighted by atomic mass is 9.97. The van der Waals surface area contributed by atoms with Crippen LogP contribution in [0.3, 0.4) is 0 Å². The summed E-state index contributed by atoms with van der Waals surface area (Å²) in [6.07, 6.45) is 4.16. The fraction of sp³-hybridized carbons (Fsp3) is 0.357. The Bertz CT molecular complexity index is 407. The SMILES string of the molecule is CC=CC(C)c1cc(C)ccc1NC(C)=O. The van der Waals surface area contributed by atoms with E-state index < -0.39 is 0 Å². The van der Waals surface area contributed by atoms with E-state index in [1.165, 1.54) is 12.5 Å². The van der Waals surface area contributed by atoms with Crippen LogP contribution in [-0.2, 0) is 4.79 Å². The van der Waals surface area contributed by atoms with E-state index in [-0.39, 0.29) is 5.91 Å². The van der Waals surface area contributed by atoms with Crippen LogP contribution in [0.1, 0.15) is 37.8 Å². The van der Waals surface area contributed by atoms with Crippen LogP contribution in [-0.4, -0.2) is 5.91 Å². The Morgan fingerprint density at radius 2 is 2.12 bits per heavy atom. The molecule has 0 radical (unpaired) electrons. The summed E-state index contributed by atoms with van der Waals surface area (Å²) < 4.78 is 0. The lowest BCUT2D eigenvalue weighted by molar-refractivity contribution is -0.114. The Hall–Kier alpha value is -1.57. The molecule has 0 aliphatic rings. The molecule has 1 amide bonds. The summed E-state index contributed by atoms with van der Waals surface area (Å²) in [5.74, 6) is 0.282. The van der Waals surface area contributed by atoms with Crippen molar-refractivity contribution in [3.05, 3.63) is 41.5 Å². The molecule has 0 bridgehead atoms. The van der Waals surface area contributed by atoms with Crippen molar-refractivity contribution in [3.8, 4) is 0 Å². The van der Waals surface area contributed by atoms with Crippen LogP contribution in [0.4, 0.5) is 5.69 Å². The third-order valence-electron chi connectivity index (χ3n) is 2.49. The third kappa shape index (κ3) is 3.23. The van der Waals surface area contributed by atoms with Gasteiger partial charge in [0.1, 0.15) is 0 Å². The highest BCUT2D eigenvalue weighted by atomic mass is 16.1. The average molecular weight is 217 g/mol. The molecule has 0 fully saturated rings. The average Bonchev–Trinajstić information content (AvgIpc) is 2.20. The molecular weight excluding hydrogens is 198 g/mol. The molecule has 0 spiro atoms.